The Morgan fingerprint density at radius 2 is 2.00 bits per heavy atom. The number of oxime groups is 1. The molecule has 26 heavy (non-hydrogen) atoms. The number of hydrogen-bond donors (Lipinski definition) is 2. The molecule has 1 heterocycles. The number of aromatic nitrogens is 1. The number of rotatable bonds is 6. The minimum absolute atomic E-state index is 0.0339. The van der Waals surface area contributed by atoms with Crippen LogP contribution in [0.4, 0.5) is 9.93 Å². The van der Waals surface area contributed by atoms with E-state index >= 15 is 0 Å². The molecule has 0 fully saturated rings. The molecule has 0 aliphatic carbocycles. The summed E-state index contributed by atoms with van der Waals surface area (Å²) in [5.74, 6) is -3.38. The monoisotopic (exact) mass is 401 g/mol. The van der Waals surface area contributed by atoms with Crippen molar-refractivity contribution in [2.45, 2.75) is 26.4 Å². The number of ether oxygens (including phenoxy) is 1. The standard InChI is InChI=1S/C13H13BClN3O7S/c1-5(10(21)24-14)25-18-7(9(19)20)6-8(15)26-11(16-6)17-12(22)23-13(2,3)4/h1H2,2-4H3,(H,19,20)(H,16,17,22). The lowest BCUT2D eigenvalue weighted by Crippen LogP contribution is -2.27. The molecule has 2 N–H and O–H groups in total. The van der Waals surface area contributed by atoms with Crippen LogP contribution < -0.4 is 5.32 Å². The Labute approximate surface area is 158 Å². The predicted molar refractivity (Wildman–Crippen MR) is 93.2 cm³/mol. The van der Waals surface area contributed by atoms with Crippen molar-refractivity contribution in [2.24, 2.45) is 5.16 Å². The van der Waals surface area contributed by atoms with Crippen molar-refractivity contribution in [3.63, 3.8) is 0 Å². The van der Waals surface area contributed by atoms with Gasteiger partial charge in [-0.1, -0.05) is 28.1 Å². The van der Waals surface area contributed by atoms with Gasteiger partial charge in [-0.25, -0.2) is 19.4 Å². The predicted octanol–water partition coefficient (Wildman–Crippen LogP) is 2.09. The number of amides is 1. The first-order valence-corrected chi connectivity index (χ1v) is 7.89. The Morgan fingerprint density at radius 1 is 1.38 bits per heavy atom. The second-order valence-electron chi connectivity index (χ2n) is 5.43. The molecule has 1 aromatic heterocycles. The van der Waals surface area contributed by atoms with Gasteiger partial charge in [0.15, 0.2) is 5.13 Å². The van der Waals surface area contributed by atoms with Gasteiger partial charge in [-0.3, -0.25) is 5.32 Å². The van der Waals surface area contributed by atoms with E-state index in [1.807, 2.05) is 0 Å². The van der Waals surface area contributed by atoms with Crippen molar-refractivity contribution in [1.82, 2.24) is 4.98 Å². The quantitative estimate of drug-likeness (QED) is 0.243. The lowest BCUT2D eigenvalue weighted by atomic mass is 10.2. The maximum Gasteiger partial charge on any atom is 0.413 e. The first kappa shape index (κ1) is 21.4. The normalized spacial score (nSPS) is 11.5. The third-order valence-corrected chi connectivity index (χ3v) is 3.37. The number of nitrogens with one attached hydrogen (secondary N) is 1. The third kappa shape index (κ3) is 6.37. The number of nitrogens with zero attached hydrogens (tertiary/aromatic N) is 2. The smallest absolute Gasteiger partial charge is 0.413 e. The van der Waals surface area contributed by atoms with Crippen LogP contribution in [-0.4, -0.2) is 47.5 Å². The molecule has 0 saturated carbocycles. The molecule has 10 nitrogen and oxygen atoms in total. The molecule has 0 unspecified atom stereocenters. The van der Waals surface area contributed by atoms with Crippen LogP contribution in [0.5, 0.6) is 0 Å². The van der Waals surface area contributed by atoms with E-state index in [2.05, 4.69) is 39.6 Å². The summed E-state index contributed by atoms with van der Waals surface area (Å²) in [5, 5.41) is 14.7. The second-order valence-corrected chi connectivity index (χ2v) is 7.03. The molecule has 0 aromatic carbocycles. The highest BCUT2D eigenvalue weighted by atomic mass is 35.5. The van der Waals surface area contributed by atoms with Crippen molar-refractivity contribution in [2.75, 3.05) is 5.32 Å². The lowest BCUT2D eigenvalue weighted by Gasteiger charge is -2.18. The molecule has 0 saturated heterocycles. The molecule has 0 atom stereocenters. The molecule has 138 valence electrons. The fraction of sp³-hybridized carbons (Fsp3) is 0.308. The molecule has 1 amide bonds. The average Bonchev–Trinajstić information content (AvgIpc) is 2.84. The summed E-state index contributed by atoms with van der Waals surface area (Å²) < 4.78 is 8.78. The van der Waals surface area contributed by atoms with Crippen molar-refractivity contribution in [3.05, 3.63) is 22.4 Å². The first-order valence-electron chi connectivity index (χ1n) is 6.69. The molecule has 0 bridgehead atoms. The molecule has 1 rings (SSSR count). The van der Waals surface area contributed by atoms with Crippen molar-refractivity contribution in [1.29, 1.82) is 0 Å². The number of hydrogen-bond acceptors (Lipinski definition) is 9. The lowest BCUT2D eigenvalue weighted by molar-refractivity contribution is -0.134. The molecule has 0 aliphatic rings. The molecular formula is C13H13BClN3O7S. The van der Waals surface area contributed by atoms with Crippen LogP contribution in [0.25, 0.3) is 0 Å². The summed E-state index contributed by atoms with van der Waals surface area (Å²) in [6.07, 6.45) is -0.807. The van der Waals surface area contributed by atoms with Crippen LogP contribution in [0.2, 0.25) is 4.34 Å². The van der Waals surface area contributed by atoms with Gasteiger partial charge in [0.05, 0.1) is 0 Å². The highest BCUT2D eigenvalue weighted by Gasteiger charge is 2.24. The van der Waals surface area contributed by atoms with E-state index in [4.69, 9.17) is 16.3 Å². The topological polar surface area (TPSA) is 136 Å². The van der Waals surface area contributed by atoms with Gasteiger partial charge in [-0.2, -0.15) is 0 Å². The van der Waals surface area contributed by atoms with Crippen LogP contribution in [0.3, 0.4) is 0 Å². The van der Waals surface area contributed by atoms with Gasteiger partial charge in [0.1, 0.15) is 15.6 Å². The Bertz CT molecular complexity index is 772. The Morgan fingerprint density at radius 3 is 2.50 bits per heavy atom. The number of carboxylic acids is 1. The molecule has 1 aromatic rings. The van der Waals surface area contributed by atoms with E-state index in [1.54, 1.807) is 20.8 Å². The Hall–Kier alpha value is -2.60. The summed E-state index contributed by atoms with van der Waals surface area (Å²) in [6.45, 7) is 8.15. The maximum atomic E-state index is 11.7. The summed E-state index contributed by atoms with van der Waals surface area (Å²) in [5.41, 5.74) is -1.79. The van der Waals surface area contributed by atoms with Gasteiger partial charge in [0.25, 0.3) is 0 Å². The summed E-state index contributed by atoms with van der Waals surface area (Å²) in [4.78, 5) is 42.5. The highest BCUT2D eigenvalue weighted by Crippen LogP contribution is 2.29. The SMILES string of the molecule is [B]OC(=O)C(=C)ON=C(C(=O)O)c1nc(NC(=O)OC(C)(C)C)sc1Cl. The fourth-order valence-corrected chi connectivity index (χ4v) is 2.31. The number of thiazole rings is 1. The molecule has 0 spiro atoms. The van der Waals surface area contributed by atoms with Crippen molar-refractivity contribution < 1.29 is 33.7 Å². The van der Waals surface area contributed by atoms with Crippen LogP contribution in [0.1, 0.15) is 26.5 Å². The largest absolute Gasteiger partial charge is 0.538 e. The summed E-state index contributed by atoms with van der Waals surface area (Å²) >= 11 is 6.70. The van der Waals surface area contributed by atoms with Gasteiger partial charge in [0, 0.05) is 0 Å². The number of carbonyl (C=O) groups excluding carboxylic acids is 2. The van der Waals surface area contributed by atoms with Crippen LogP contribution in [-0.2, 0) is 23.8 Å². The summed E-state index contributed by atoms with van der Waals surface area (Å²) in [7, 11) is 4.63. The molecule has 13 heteroatoms. The van der Waals surface area contributed by atoms with Gasteiger partial charge in [-0.15, -0.1) is 0 Å². The molecule has 0 aliphatic heterocycles. The Kier molecular flexibility index (Phi) is 7.15. The number of halogens is 1. The van der Waals surface area contributed by atoms with E-state index < -0.39 is 35.1 Å². The van der Waals surface area contributed by atoms with Gasteiger partial charge < -0.3 is 19.3 Å². The zero-order chi connectivity index (χ0) is 20.1. The van der Waals surface area contributed by atoms with Gasteiger partial charge in [0.2, 0.25) is 11.5 Å². The van der Waals surface area contributed by atoms with Crippen LogP contribution in [0.15, 0.2) is 17.5 Å². The number of anilines is 1. The number of carbonyl (C=O) groups is 3. The first-order chi connectivity index (χ1) is 11.9. The van der Waals surface area contributed by atoms with Gasteiger partial charge in [-0.05, 0) is 27.4 Å². The van der Waals surface area contributed by atoms with Crippen molar-refractivity contribution >= 4 is 59.9 Å². The van der Waals surface area contributed by atoms with E-state index in [0.29, 0.717) is 0 Å². The Balaban J connectivity index is 3.02. The zero-order valence-electron chi connectivity index (χ0n) is 13.9. The van der Waals surface area contributed by atoms with E-state index in [-0.39, 0.29) is 15.2 Å². The number of aliphatic carboxylic acids is 1. The summed E-state index contributed by atoms with van der Waals surface area (Å²) in [6, 6.07) is 0. The van der Waals surface area contributed by atoms with Crippen LogP contribution >= 0.6 is 22.9 Å². The van der Waals surface area contributed by atoms with Crippen molar-refractivity contribution in [3.8, 4) is 0 Å². The number of carboxylic acid groups (broad SMARTS) is 1. The highest BCUT2D eigenvalue weighted by molar-refractivity contribution is 7.20. The maximum absolute atomic E-state index is 11.7. The minimum atomic E-state index is -1.56. The van der Waals surface area contributed by atoms with E-state index in [0.717, 1.165) is 11.3 Å². The second kappa shape index (κ2) is 8.67. The average molecular weight is 402 g/mol. The third-order valence-electron chi connectivity index (χ3n) is 2.20. The minimum Gasteiger partial charge on any atom is -0.538 e. The van der Waals surface area contributed by atoms with Crippen LogP contribution in [0, 0.1) is 0 Å². The van der Waals surface area contributed by atoms with E-state index in [9.17, 15) is 19.5 Å². The van der Waals surface area contributed by atoms with Gasteiger partial charge >= 0.3 is 26.1 Å². The fourth-order valence-electron chi connectivity index (χ4n) is 1.28. The molecular weight excluding hydrogens is 388 g/mol. The van der Waals surface area contributed by atoms with E-state index in [1.165, 1.54) is 0 Å². The zero-order valence-corrected chi connectivity index (χ0v) is 15.4. The molecule has 2 radical (unpaired) electrons.